The second kappa shape index (κ2) is 8.99. The van der Waals surface area contributed by atoms with Crippen molar-refractivity contribution in [3.63, 3.8) is 0 Å². The van der Waals surface area contributed by atoms with Gasteiger partial charge in [0.15, 0.2) is 5.69 Å². The molecule has 3 heterocycles. The average Bonchev–Trinajstić information content (AvgIpc) is 3.27. The van der Waals surface area contributed by atoms with Gasteiger partial charge in [-0.15, -0.1) is 6.58 Å². The lowest BCUT2D eigenvalue weighted by molar-refractivity contribution is 0.0753. The average molecular weight is 397 g/mol. The molecule has 0 unspecified atom stereocenters. The molecule has 156 valence electrons. The number of hydrogen-bond acceptors (Lipinski definition) is 4. The van der Waals surface area contributed by atoms with Gasteiger partial charge in [0, 0.05) is 30.4 Å². The Kier molecular flexibility index (Phi) is 6.19. The number of rotatable bonds is 6. The third-order valence-electron chi connectivity index (χ3n) is 6.33. The van der Waals surface area contributed by atoms with Crippen LogP contribution in [0.3, 0.4) is 0 Å². The normalized spacial score (nSPS) is 19.8. The van der Waals surface area contributed by atoms with Gasteiger partial charge in [0.1, 0.15) is 5.76 Å². The van der Waals surface area contributed by atoms with E-state index >= 15 is 0 Å². The molecule has 1 aliphatic carbocycles. The summed E-state index contributed by atoms with van der Waals surface area (Å²) in [6.45, 7) is 7.01. The van der Waals surface area contributed by atoms with Gasteiger partial charge in [-0.05, 0) is 51.3 Å². The van der Waals surface area contributed by atoms with Gasteiger partial charge in [0.05, 0.1) is 19.4 Å². The van der Waals surface area contributed by atoms with Crippen LogP contribution in [0, 0.1) is 0 Å². The Bertz CT molecular complexity index is 831. The molecular formula is C23H32N4O2. The zero-order valence-corrected chi connectivity index (χ0v) is 17.5. The third kappa shape index (κ3) is 4.32. The molecule has 1 aliphatic heterocycles. The van der Waals surface area contributed by atoms with Crippen LogP contribution in [0.2, 0.25) is 0 Å². The minimum atomic E-state index is 0.111. The Morgan fingerprint density at radius 2 is 2.14 bits per heavy atom. The van der Waals surface area contributed by atoms with E-state index in [9.17, 15) is 4.79 Å². The van der Waals surface area contributed by atoms with Crippen molar-refractivity contribution in [2.45, 2.75) is 64.1 Å². The minimum absolute atomic E-state index is 0.111. The highest BCUT2D eigenvalue weighted by Gasteiger charge is 2.32. The molecule has 2 aliphatic rings. The van der Waals surface area contributed by atoms with E-state index in [1.165, 1.54) is 18.5 Å². The number of likely N-dealkylation sites (N-methyl/N-ethyl adjacent to an activating group) is 1. The topological polar surface area (TPSA) is 54.5 Å². The van der Waals surface area contributed by atoms with Crippen molar-refractivity contribution in [1.82, 2.24) is 19.6 Å². The summed E-state index contributed by atoms with van der Waals surface area (Å²) in [6.07, 6.45) is 11.1. The summed E-state index contributed by atoms with van der Waals surface area (Å²) in [5, 5.41) is 4.77. The van der Waals surface area contributed by atoms with Crippen molar-refractivity contribution in [3.05, 3.63) is 53.8 Å². The molecule has 1 fully saturated rings. The van der Waals surface area contributed by atoms with E-state index in [-0.39, 0.29) is 5.91 Å². The number of carbonyl (C=O) groups excluding carboxylic acids is 1. The predicted molar refractivity (Wildman–Crippen MR) is 113 cm³/mol. The number of allylic oxidation sites excluding steroid dienone is 1. The van der Waals surface area contributed by atoms with Crippen LogP contribution >= 0.6 is 0 Å². The van der Waals surface area contributed by atoms with E-state index in [0.29, 0.717) is 18.3 Å². The van der Waals surface area contributed by atoms with Crippen molar-refractivity contribution in [2.75, 3.05) is 20.1 Å². The second-order valence-corrected chi connectivity index (χ2v) is 8.34. The number of furan rings is 1. The first-order valence-electron chi connectivity index (χ1n) is 10.9. The Hall–Kier alpha value is -2.34. The van der Waals surface area contributed by atoms with Crippen LogP contribution in [0.15, 0.2) is 35.5 Å². The van der Waals surface area contributed by atoms with Gasteiger partial charge in [0.25, 0.3) is 5.91 Å². The smallest absolute Gasteiger partial charge is 0.274 e. The number of carbonyl (C=O) groups is 1. The fourth-order valence-electron chi connectivity index (χ4n) is 4.69. The van der Waals surface area contributed by atoms with Gasteiger partial charge in [0.2, 0.25) is 0 Å². The molecular weight excluding hydrogens is 364 g/mol. The highest BCUT2D eigenvalue weighted by Crippen LogP contribution is 2.29. The Balaban J connectivity index is 1.57. The van der Waals surface area contributed by atoms with E-state index < -0.39 is 0 Å². The highest BCUT2D eigenvalue weighted by molar-refractivity contribution is 5.94. The summed E-state index contributed by atoms with van der Waals surface area (Å²) in [7, 11) is 2.14. The van der Waals surface area contributed by atoms with Crippen LogP contribution in [-0.4, -0.2) is 51.7 Å². The lowest BCUT2D eigenvalue weighted by atomic mass is 9.90. The molecule has 0 aromatic carbocycles. The first-order valence-corrected chi connectivity index (χ1v) is 10.9. The van der Waals surface area contributed by atoms with E-state index in [4.69, 9.17) is 9.52 Å². The van der Waals surface area contributed by atoms with Crippen LogP contribution < -0.4 is 0 Å². The van der Waals surface area contributed by atoms with Crippen LogP contribution in [-0.2, 0) is 25.9 Å². The van der Waals surface area contributed by atoms with Gasteiger partial charge in [-0.25, -0.2) is 0 Å². The second-order valence-electron chi connectivity index (χ2n) is 8.34. The summed E-state index contributed by atoms with van der Waals surface area (Å²) in [5.74, 6) is 1.09. The number of hydrogen-bond donors (Lipinski definition) is 0. The predicted octanol–water partition coefficient (Wildman–Crippen LogP) is 3.67. The summed E-state index contributed by atoms with van der Waals surface area (Å²) in [4.78, 5) is 17.7. The first-order chi connectivity index (χ1) is 14.2. The van der Waals surface area contributed by atoms with Crippen LogP contribution in [0.5, 0.6) is 0 Å². The molecule has 1 atom stereocenters. The number of amides is 1. The summed E-state index contributed by atoms with van der Waals surface area (Å²) in [6, 6.07) is 4.32. The summed E-state index contributed by atoms with van der Waals surface area (Å²) >= 11 is 0. The van der Waals surface area contributed by atoms with Crippen molar-refractivity contribution < 1.29 is 9.21 Å². The Morgan fingerprint density at radius 3 is 2.83 bits per heavy atom. The van der Waals surface area contributed by atoms with Gasteiger partial charge in [-0.2, -0.15) is 5.10 Å². The van der Waals surface area contributed by atoms with Gasteiger partial charge in [-0.3, -0.25) is 14.4 Å². The Labute approximate surface area is 173 Å². The molecule has 1 amide bonds. The maximum atomic E-state index is 13.4. The van der Waals surface area contributed by atoms with Crippen LogP contribution in [0.25, 0.3) is 0 Å². The molecule has 2 aromatic heterocycles. The summed E-state index contributed by atoms with van der Waals surface area (Å²) in [5.41, 5.74) is 3.02. The molecule has 6 nitrogen and oxygen atoms in total. The third-order valence-corrected chi connectivity index (χ3v) is 6.33. The van der Waals surface area contributed by atoms with E-state index in [0.717, 1.165) is 63.1 Å². The molecule has 2 aromatic rings. The molecule has 6 heteroatoms. The van der Waals surface area contributed by atoms with E-state index in [1.54, 1.807) is 6.26 Å². The van der Waals surface area contributed by atoms with Crippen molar-refractivity contribution in [2.24, 2.45) is 0 Å². The molecule has 0 spiro atoms. The Morgan fingerprint density at radius 1 is 1.34 bits per heavy atom. The first kappa shape index (κ1) is 20.0. The zero-order valence-electron chi connectivity index (χ0n) is 17.5. The minimum Gasteiger partial charge on any atom is -0.468 e. The fourth-order valence-corrected chi connectivity index (χ4v) is 4.69. The number of nitrogens with zero attached hydrogens (tertiary/aromatic N) is 4. The standard InChI is InChI=1S/C23H32N4O2/c1-3-12-27-21-11-10-18(25(2)17-19-9-8-15-29-19)16-20(21)22(24-27)23(28)26-13-6-4-5-7-14-26/h3,8-9,15,18H,1,4-7,10-14,16-17H2,2H3/t18-/m1/s1. The van der Waals surface area contributed by atoms with E-state index in [2.05, 4.69) is 18.5 Å². The maximum absolute atomic E-state index is 13.4. The van der Waals surface area contributed by atoms with Crippen molar-refractivity contribution >= 4 is 5.91 Å². The molecule has 29 heavy (non-hydrogen) atoms. The lowest BCUT2D eigenvalue weighted by Crippen LogP contribution is -2.37. The quantitative estimate of drug-likeness (QED) is 0.699. The van der Waals surface area contributed by atoms with Crippen molar-refractivity contribution in [3.8, 4) is 0 Å². The SMILES string of the molecule is C=CCn1nc(C(=O)N2CCCCCC2)c2c1CC[C@@H](N(C)Cc1ccco1)C2. The monoisotopic (exact) mass is 396 g/mol. The molecule has 0 N–H and O–H groups in total. The van der Waals surface area contributed by atoms with Gasteiger partial charge >= 0.3 is 0 Å². The number of fused-ring (bicyclic) bond motifs is 1. The number of aromatic nitrogens is 2. The maximum Gasteiger partial charge on any atom is 0.274 e. The van der Waals surface area contributed by atoms with Gasteiger partial charge < -0.3 is 9.32 Å². The number of likely N-dealkylation sites (tertiary alicyclic amines) is 1. The summed E-state index contributed by atoms with van der Waals surface area (Å²) < 4.78 is 7.52. The molecule has 0 radical (unpaired) electrons. The molecule has 4 rings (SSSR count). The largest absolute Gasteiger partial charge is 0.468 e. The molecule has 0 saturated carbocycles. The fraction of sp³-hybridized carbons (Fsp3) is 0.565. The highest BCUT2D eigenvalue weighted by atomic mass is 16.3. The van der Waals surface area contributed by atoms with Crippen LogP contribution in [0.1, 0.15) is 59.6 Å². The van der Waals surface area contributed by atoms with E-state index in [1.807, 2.05) is 27.8 Å². The van der Waals surface area contributed by atoms with Crippen LogP contribution in [0.4, 0.5) is 0 Å². The molecule has 0 bridgehead atoms. The van der Waals surface area contributed by atoms with Crippen molar-refractivity contribution in [1.29, 1.82) is 0 Å². The zero-order chi connectivity index (χ0) is 20.2. The lowest BCUT2D eigenvalue weighted by Gasteiger charge is -2.31. The van der Waals surface area contributed by atoms with Gasteiger partial charge in [-0.1, -0.05) is 18.9 Å². The molecule has 1 saturated heterocycles.